The molecule has 0 radical (unpaired) electrons. The number of nitrogens with one attached hydrogen (secondary N) is 1. The topological polar surface area (TPSA) is 86.2 Å². The molecule has 0 bridgehead atoms. The third-order valence-electron chi connectivity index (χ3n) is 2.68. The summed E-state index contributed by atoms with van der Waals surface area (Å²) in [5, 5.41) is 16.3. The minimum atomic E-state index is -0.0216. The normalized spacial score (nSPS) is 14.8. The van der Waals surface area contributed by atoms with Gasteiger partial charge in [-0.05, 0) is 25.0 Å². The molecule has 0 aromatic carbocycles. The molecule has 0 saturated heterocycles. The first-order valence-electron chi connectivity index (χ1n) is 5.40. The molecule has 1 aromatic heterocycles. The van der Waals surface area contributed by atoms with Gasteiger partial charge in [-0.3, -0.25) is 10.4 Å². The van der Waals surface area contributed by atoms with Crippen molar-refractivity contribution >= 4 is 11.5 Å². The van der Waals surface area contributed by atoms with Gasteiger partial charge in [-0.1, -0.05) is 0 Å². The van der Waals surface area contributed by atoms with Gasteiger partial charge >= 0.3 is 0 Å². The molecule has 5 heteroatoms. The van der Waals surface area contributed by atoms with E-state index in [0.29, 0.717) is 18.3 Å². The van der Waals surface area contributed by atoms with Gasteiger partial charge in [-0.15, -0.1) is 0 Å². The summed E-state index contributed by atoms with van der Waals surface area (Å²) in [6, 6.07) is 4.18. The second-order valence-corrected chi connectivity index (χ2v) is 3.96. The Morgan fingerprint density at radius 3 is 2.75 bits per heavy atom. The van der Waals surface area contributed by atoms with E-state index in [2.05, 4.69) is 9.88 Å². The molecule has 1 saturated carbocycles. The smallest absolute Gasteiger partial charge is 0.141 e. The summed E-state index contributed by atoms with van der Waals surface area (Å²) in [5.41, 5.74) is 6.81. The van der Waals surface area contributed by atoms with Crippen LogP contribution in [0.5, 0.6) is 0 Å². The number of aliphatic hydroxyl groups excluding tert-OH is 1. The monoisotopic (exact) mass is 220 g/mol. The molecule has 86 valence electrons. The van der Waals surface area contributed by atoms with E-state index in [0.717, 1.165) is 5.69 Å². The molecule has 1 aliphatic carbocycles. The lowest BCUT2D eigenvalue weighted by Crippen LogP contribution is -2.29. The van der Waals surface area contributed by atoms with E-state index >= 15 is 0 Å². The fourth-order valence-corrected chi connectivity index (χ4v) is 1.73. The van der Waals surface area contributed by atoms with Crippen molar-refractivity contribution in [1.29, 1.82) is 5.41 Å². The Labute approximate surface area is 94.4 Å². The van der Waals surface area contributed by atoms with Crippen LogP contribution in [0, 0.1) is 5.41 Å². The predicted octanol–water partition coefficient (Wildman–Crippen LogP) is 0.327. The zero-order valence-corrected chi connectivity index (χ0v) is 9.06. The van der Waals surface area contributed by atoms with Crippen LogP contribution in [0.25, 0.3) is 0 Å². The molecule has 1 aromatic rings. The highest BCUT2D eigenvalue weighted by Crippen LogP contribution is 2.30. The lowest BCUT2D eigenvalue weighted by Gasteiger charge is -2.23. The zero-order valence-electron chi connectivity index (χ0n) is 9.06. The SMILES string of the molecule is N=C(N)c1ccc(N(CCO)C2CC2)cn1. The standard InChI is InChI=1S/C11H16N4O/c12-11(13)10-4-3-9(7-14-10)15(5-6-16)8-1-2-8/h3-4,7-8,16H,1-2,5-6H2,(H3,12,13). The molecular formula is C11H16N4O. The number of hydrogen-bond acceptors (Lipinski definition) is 4. The average Bonchev–Trinajstić information content (AvgIpc) is 3.10. The number of nitrogens with zero attached hydrogens (tertiary/aromatic N) is 2. The Bertz CT molecular complexity index is 372. The van der Waals surface area contributed by atoms with Crippen LogP contribution in [0.4, 0.5) is 5.69 Å². The number of amidine groups is 1. The molecule has 1 fully saturated rings. The van der Waals surface area contributed by atoms with Crippen molar-refractivity contribution in [3.8, 4) is 0 Å². The molecule has 0 aliphatic heterocycles. The summed E-state index contributed by atoms with van der Waals surface area (Å²) >= 11 is 0. The Morgan fingerprint density at radius 2 is 2.31 bits per heavy atom. The Hall–Kier alpha value is -1.62. The van der Waals surface area contributed by atoms with Crippen LogP contribution in [-0.4, -0.2) is 35.1 Å². The number of anilines is 1. The van der Waals surface area contributed by atoms with E-state index < -0.39 is 0 Å². The highest BCUT2D eigenvalue weighted by molar-refractivity contribution is 5.93. The van der Waals surface area contributed by atoms with E-state index in [-0.39, 0.29) is 12.4 Å². The number of aromatic nitrogens is 1. The average molecular weight is 220 g/mol. The van der Waals surface area contributed by atoms with Crippen LogP contribution in [0.3, 0.4) is 0 Å². The molecule has 0 amide bonds. The van der Waals surface area contributed by atoms with Gasteiger partial charge < -0.3 is 15.7 Å². The number of hydrogen-bond donors (Lipinski definition) is 3. The van der Waals surface area contributed by atoms with Crippen LogP contribution in [0.1, 0.15) is 18.5 Å². The van der Waals surface area contributed by atoms with Crippen molar-refractivity contribution < 1.29 is 5.11 Å². The van der Waals surface area contributed by atoms with Crippen LogP contribution in [-0.2, 0) is 0 Å². The quantitative estimate of drug-likeness (QED) is 0.493. The lowest BCUT2D eigenvalue weighted by atomic mass is 10.3. The number of nitrogens with two attached hydrogens (primary N) is 1. The van der Waals surface area contributed by atoms with Gasteiger partial charge in [0.1, 0.15) is 11.5 Å². The Morgan fingerprint density at radius 1 is 1.56 bits per heavy atom. The van der Waals surface area contributed by atoms with E-state index in [1.54, 1.807) is 12.3 Å². The van der Waals surface area contributed by atoms with Crippen molar-refractivity contribution in [3.05, 3.63) is 24.0 Å². The lowest BCUT2D eigenvalue weighted by molar-refractivity contribution is 0.301. The molecule has 2 rings (SSSR count). The molecule has 1 aliphatic rings. The highest BCUT2D eigenvalue weighted by Gasteiger charge is 2.28. The maximum atomic E-state index is 9.00. The van der Waals surface area contributed by atoms with Gasteiger partial charge in [-0.25, -0.2) is 0 Å². The minimum Gasteiger partial charge on any atom is -0.395 e. The summed E-state index contributed by atoms with van der Waals surface area (Å²) in [6.07, 6.45) is 4.06. The Balaban J connectivity index is 2.14. The first-order chi connectivity index (χ1) is 7.72. The van der Waals surface area contributed by atoms with Crippen molar-refractivity contribution in [1.82, 2.24) is 4.98 Å². The van der Waals surface area contributed by atoms with Crippen LogP contribution in [0.2, 0.25) is 0 Å². The van der Waals surface area contributed by atoms with E-state index in [9.17, 15) is 0 Å². The number of nitrogen functional groups attached to an aromatic ring is 1. The number of rotatable bonds is 5. The predicted molar refractivity (Wildman–Crippen MR) is 62.7 cm³/mol. The molecular weight excluding hydrogens is 204 g/mol. The van der Waals surface area contributed by atoms with Crippen LogP contribution < -0.4 is 10.6 Å². The van der Waals surface area contributed by atoms with Crippen molar-refractivity contribution in [2.24, 2.45) is 5.73 Å². The summed E-state index contributed by atoms with van der Waals surface area (Å²) in [5.74, 6) is -0.0216. The van der Waals surface area contributed by atoms with Crippen LogP contribution in [0.15, 0.2) is 18.3 Å². The first-order valence-corrected chi connectivity index (χ1v) is 5.40. The second-order valence-electron chi connectivity index (χ2n) is 3.96. The zero-order chi connectivity index (χ0) is 11.5. The molecule has 0 unspecified atom stereocenters. The van der Waals surface area contributed by atoms with Gasteiger partial charge in [0.05, 0.1) is 18.5 Å². The van der Waals surface area contributed by atoms with Crippen molar-refractivity contribution in [2.45, 2.75) is 18.9 Å². The largest absolute Gasteiger partial charge is 0.395 e. The van der Waals surface area contributed by atoms with E-state index in [1.165, 1.54) is 12.8 Å². The fourth-order valence-electron chi connectivity index (χ4n) is 1.73. The van der Waals surface area contributed by atoms with E-state index in [1.807, 2.05) is 6.07 Å². The third-order valence-corrected chi connectivity index (χ3v) is 2.68. The summed E-state index contributed by atoms with van der Waals surface area (Å²) in [7, 11) is 0. The van der Waals surface area contributed by atoms with Crippen molar-refractivity contribution in [3.63, 3.8) is 0 Å². The van der Waals surface area contributed by atoms with Gasteiger partial charge in [0, 0.05) is 12.6 Å². The summed E-state index contributed by atoms with van der Waals surface area (Å²) in [4.78, 5) is 6.27. The summed E-state index contributed by atoms with van der Waals surface area (Å²) in [6.45, 7) is 0.775. The van der Waals surface area contributed by atoms with Gasteiger partial charge in [0.25, 0.3) is 0 Å². The molecule has 16 heavy (non-hydrogen) atoms. The van der Waals surface area contributed by atoms with Gasteiger partial charge in [0.2, 0.25) is 0 Å². The maximum Gasteiger partial charge on any atom is 0.141 e. The fraction of sp³-hybridized carbons (Fsp3) is 0.455. The van der Waals surface area contributed by atoms with Gasteiger partial charge in [0.15, 0.2) is 0 Å². The molecule has 0 atom stereocenters. The van der Waals surface area contributed by atoms with E-state index in [4.69, 9.17) is 16.2 Å². The number of pyridine rings is 1. The first kappa shape index (κ1) is 10.9. The third kappa shape index (κ3) is 2.30. The number of aliphatic hydroxyl groups is 1. The maximum absolute atomic E-state index is 9.00. The van der Waals surface area contributed by atoms with Crippen molar-refractivity contribution in [2.75, 3.05) is 18.1 Å². The van der Waals surface area contributed by atoms with Crippen LogP contribution >= 0.6 is 0 Å². The highest BCUT2D eigenvalue weighted by atomic mass is 16.3. The Kier molecular flexibility index (Phi) is 3.05. The molecule has 5 nitrogen and oxygen atoms in total. The molecule has 1 heterocycles. The molecule has 4 N–H and O–H groups in total. The molecule has 0 spiro atoms. The van der Waals surface area contributed by atoms with Gasteiger partial charge in [-0.2, -0.15) is 0 Å². The second kappa shape index (κ2) is 4.49. The minimum absolute atomic E-state index is 0.0216. The summed E-state index contributed by atoms with van der Waals surface area (Å²) < 4.78 is 0.